The summed E-state index contributed by atoms with van der Waals surface area (Å²) in [4.78, 5) is 28.7. The van der Waals surface area contributed by atoms with Gasteiger partial charge in [-0.25, -0.2) is 0 Å². The lowest BCUT2D eigenvalue weighted by atomic mass is 9.74. The van der Waals surface area contributed by atoms with Crippen molar-refractivity contribution in [2.45, 2.75) is 65.0 Å². The normalized spacial score (nSPS) is 21.6. The van der Waals surface area contributed by atoms with Crippen molar-refractivity contribution in [1.82, 2.24) is 5.32 Å². The summed E-state index contributed by atoms with van der Waals surface area (Å²) in [6.07, 6.45) is 3.89. The second kappa shape index (κ2) is 8.36. The fourth-order valence-electron chi connectivity index (χ4n) is 5.86. The van der Waals surface area contributed by atoms with Crippen LogP contribution in [-0.2, 0) is 22.4 Å². The maximum atomic E-state index is 13.3. The van der Waals surface area contributed by atoms with Gasteiger partial charge < -0.3 is 15.5 Å². The van der Waals surface area contributed by atoms with Crippen LogP contribution in [0.15, 0.2) is 59.8 Å². The lowest BCUT2D eigenvalue weighted by Gasteiger charge is -2.37. The Bertz CT molecular complexity index is 1110. The molecule has 3 aliphatic rings. The molecule has 2 N–H and O–H groups in total. The molecule has 172 valence electrons. The minimum absolute atomic E-state index is 0.00805. The van der Waals surface area contributed by atoms with Gasteiger partial charge in [-0.1, -0.05) is 57.2 Å². The van der Waals surface area contributed by atoms with Gasteiger partial charge in [-0.3, -0.25) is 9.59 Å². The summed E-state index contributed by atoms with van der Waals surface area (Å²) in [6, 6.07) is 16.5. The van der Waals surface area contributed by atoms with Crippen molar-refractivity contribution in [2.75, 3.05) is 16.8 Å². The van der Waals surface area contributed by atoms with Gasteiger partial charge in [0.1, 0.15) is 0 Å². The summed E-state index contributed by atoms with van der Waals surface area (Å²) >= 11 is 0. The highest BCUT2D eigenvalue weighted by atomic mass is 16.2. The Balaban J connectivity index is 1.43. The number of rotatable bonds is 4. The fraction of sp³-hybridized carbons (Fsp3) is 0.429. The Morgan fingerprint density at radius 1 is 1.06 bits per heavy atom. The maximum Gasteiger partial charge on any atom is 0.239 e. The first kappa shape index (κ1) is 21.7. The quantitative estimate of drug-likeness (QED) is 0.724. The molecular weight excluding hydrogens is 410 g/mol. The Morgan fingerprint density at radius 2 is 1.73 bits per heavy atom. The number of ketones is 1. The molecule has 0 saturated heterocycles. The molecule has 0 aromatic heterocycles. The zero-order valence-electron chi connectivity index (χ0n) is 19.8. The highest BCUT2D eigenvalue weighted by Crippen LogP contribution is 2.44. The van der Waals surface area contributed by atoms with E-state index in [9.17, 15) is 9.59 Å². The first-order valence-corrected chi connectivity index (χ1v) is 12.1. The highest BCUT2D eigenvalue weighted by molar-refractivity contribution is 6.01. The predicted octanol–water partition coefficient (Wildman–Crippen LogP) is 4.62. The smallest absolute Gasteiger partial charge is 0.239 e. The summed E-state index contributed by atoms with van der Waals surface area (Å²) in [7, 11) is 0. The largest absolute Gasteiger partial charge is 0.357 e. The van der Waals surface area contributed by atoms with E-state index in [0.717, 1.165) is 48.3 Å². The number of para-hydroxylation sites is 2. The first-order valence-electron chi connectivity index (χ1n) is 12.1. The summed E-state index contributed by atoms with van der Waals surface area (Å²) in [5.74, 6) is 0.207. The highest BCUT2D eigenvalue weighted by Gasteiger charge is 2.40. The van der Waals surface area contributed by atoms with E-state index < -0.39 is 0 Å². The minimum Gasteiger partial charge on any atom is -0.357 e. The molecule has 1 unspecified atom stereocenters. The van der Waals surface area contributed by atoms with Gasteiger partial charge in [0, 0.05) is 23.7 Å². The van der Waals surface area contributed by atoms with Crippen molar-refractivity contribution >= 4 is 23.1 Å². The lowest BCUT2D eigenvalue weighted by Crippen LogP contribution is -2.48. The summed E-state index contributed by atoms with van der Waals surface area (Å²) < 4.78 is 0. The number of amides is 1. The third-order valence-electron chi connectivity index (χ3n) is 7.25. The van der Waals surface area contributed by atoms with Gasteiger partial charge in [0.25, 0.3) is 0 Å². The topological polar surface area (TPSA) is 61.4 Å². The van der Waals surface area contributed by atoms with Crippen LogP contribution in [0.25, 0.3) is 0 Å². The molecule has 0 radical (unpaired) electrons. The molecule has 2 aromatic rings. The second-order valence-electron chi connectivity index (χ2n) is 10.5. The van der Waals surface area contributed by atoms with E-state index in [0.29, 0.717) is 6.42 Å². The number of nitrogens with one attached hydrogen (secondary N) is 2. The van der Waals surface area contributed by atoms with Crippen molar-refractivity contribution in [1.29, 1.82) is 0 Å². The van der Waals surface area contributed by atoms with E-state index in [4.69, 9.17) is 0 Å². The van der Waals surface area contributed by atoms with E-state index in [1.807, 2.05) is 18.2 Å². The number of anilines is 2. The van der Waals surface area contributed by atoms with Gasteiger partial charge in [0.2, 0.25) is 5.91 Å². The van der Waals surface area contributed by atoms with E-state index in [-0.39, 0.29) is 35.7 Å². The zero-order chi connectivity index (χ0) is 23.2. The SMILES string of the molecule is CCC1C2=C(CC(C)(C)CC2=O)Nc2ccccc2N1CC(=O)NC1Cc2ccccc2C1. The molecule has 1 amide bonds. The van der Waals surface area contributed by atoms with Gasteiger partial charge in [0.15, 0.2) is 5.78 Å². The van der Waals surface area contributed by atoms with E-state index in [1.165, 1.54) is 11.1 Å². The second-order valence-corrected chi connectivity index (χ2v) is 10.5. The molecule has 2 aliphatic carbocycles. The van der Waals surface area contributed by atoms with Gasteiger partial charge >= 0.3 is 0 Å². The summed E-state index contributed by atoms with van der Waals surface area (Å²) in [6.45, 7) is 6.64. The maximum absolute atomic E-state index is 13.3. The van der Waals surface area contributed by atoms with Gasteiger partial charge in [-0.2, -0.15) is 0 Å². The standard InChI is InChI=1S/C28H33N3O2/c1-4-23-27-22(15-28(2,3)16-25(27)32)30-21-11-7-8-12-24(21)31(23)17-26(33)29-20-13-18-9-5-6-10-19(18)14-20/h5-12,20,23,30H,4,13-17H2,1-3H3,(H,29,33). The molecule has 0 fully saturated rings. The first-order chi connectivity index (χ1) is 15.8. The molecule has 0 bridgehead atoms. The van der Waals surface area contributed by atoms with Crippen LogP contribution in [0.3, 0.4) is 0 Å². The van der Waals surface area contributed by atoms with Gasteiger partial charge in [0.05, 0.1) is 24.0 Å². The fourth-order valence-corrected chi connectivity index (χ4v) is 5.86. The molecule has 5 nitrogen and oxygen atoms in total. The number of carbonyl (C=O) groups is 2. The molecular formula is C28H33N3O2. The van der Waals surface area contributed by atoms with E-state index in [2.05, 4.69) is 66.6 Å². The van der Waals surface area contributed by atoms with Crippen molar-refractivity contribution < 1.29 is 9.59 Å². The van der Waals surface area contributed by atoms with Gasteiger partial charge in [-0.05, 0) is 54.4 Å². The van der Waals surface area contributed by atoms with Crippen molar-refractivity contribution in [3.63, 3.8) is 0 Å². The van der Waals surface area contributed by atoms with Crippen LogP contribution in [0.5, 0.6) is 0 Å². The molecule has 33 heavy (non-hydrogen) atoms. The number of Topliss-reactive ketones (excluding diaryl/α,β-unsaturated/α-hetero) is 1. The van der Waals surface area contributed by atoms with Crippen LogP contribution >= 0.6 is 0 Å². The number of nitrogens with zero attached hydrogens (tertiary/aromatic N) is 1. The van der Waals surface area contributed by atoms with Crippen molar-refractivity contribution in [2.24, 2.45) is 5.41 Å². The molecule has 0 saturated carbocycles. The van der Waals surface area contributed by atoms with E-state index in [1.54, 1.807) is 0 Å². The molecule has 1 atom stereocenters. The summed E-state index contributed by atoms with van der Waals surface area (Å²) in [5, 5.41) is 6.85. The minimum atomic E-state index is -0.119. The molecule has 0 spiro atoms. The van der Waals surface area contributed by atoms with E-state index >= 15 is 0 Å². The van der Waals surface area contributed by atoms with Gasteiger partial charge in [-0.15, -0.1) is 0 Å². The Kier molecular flexibility index (Phi) is 5.51. The Morgan fingerprint density at radius 3 is 2.42 bits per heavy atom. The van der Waals surface area contributed by atoms with Crippen molar-refractivity contribution in [3.8, 4) is 0 Å². The molecule has 2 aromatic carbocycles. The molecule has 1 heterocycles. The van der Waals surface area contributed by atoms with Crippen LogP contribution in [0.2, 0.25) is 0 Å². The predicted molar refractivity (Wildman–Crippen MR) is 132 cm³/mol. The number of hydrogen-bond donors (Lipinski definition) is 2. The molecule has 5 heteroatoms. The number of carbonyl (C=O) groups excluding carboxylic acids is 2. The third-order valence-corrected chi connectivity index (χ3v) is 7.25. The van der Waals surface area contributed by atoms with Crippen molar-refractivity contribution in [3.05, 3.63) is 70.9 Å². The van der Waals surface area contributed by atoms with Crippen LogP contribution in [-0.4, -0.2) is 30.3 Å². The zero-order valence-corrected chi connectivity index (χ0v) is 19.8. The van der Waals surface area contributed by atoms with Crippen LogP contribution < -0.4 is 15.5 Å². The molecule has 1 aliphatic heterocycles. The monoisotopic (exact) mass is 443 g/mol. The number of benzene rings is 2. The average Bonchev–Trinajstić information content (AvgIpc) is 3.11. The lowest BCUT2D eigenvalue weighted by molar-refractivity contribution is -0.121. The summed E-state index contributed by atoms with van der Waals surface area (Å²) in [5.41, 5.74) is 6.40. The van der Waals surface area contributed by atoms with Crippen LogP contribution in [0.4, 0.5) is 11.4 Å². The number of allylic oxidation sites excluding steroid dienone is 1. The van der Waals surface area contributed by atoms with Crippen LogP contribution in [0, 0.1) is 5.41 Å². The average molecular weight is 444 g/mol. The number of hydrogen-bond acceptors (Lipinski definition) is 4. The number of fused-ring (bicyclic) bond motifs is 2. The van der Waals surface area contributed by atoms with Crippen LogP contribution in [0.1, 0.15) is 51.2 Å². The molecule has 5 rings (SSSR count). The Labute approximate surface area is 196 Å². The third kappa shape index (κ3) is 4.17. The Hall–Kier alpha value is -3.08.